The number of nitrogens with zero attached hydrogens (tertiary/aromatic N) is 2. The lowest BCUT2D eigenvalue weighted by molar-refractivity contribution is 0.0501. The van der Waals surface area contributed by atoms with Crippen LogP contribution in [0.4, 0.5) is 5.95 Å². The van der Waals surface area contributed by atoms with Crippen LogP contribution < -0.4 is 11.5 Å². The van der Waals surface area contributed by atoms with Crippen molar-refractivity contribution in [1.29, 1.82) is 0 Å². The molecule has 1 saturated heterocycles. The molecule has 0 aromatic carbocycles. The lowest BCUT2D eigenvalue weighted by Gasteiger charge is -2.33. The number of hydrogen-bond donors (Lipinski definition) is 3. The lowest BCUT2D eigenvalue weighted by Crippen LogP contribution is -2.41. The highest BCUT2D eigenvalue weighted by molar-refractivity contribution is 5.19. The van der Waals surface area contributed by atoms with Gasteiger partial charge in [-0.15, -0.1) is 5.10 Å². The van der Waals surface area contributed by atoms with Gasteiger partial charge in [-0.1, -0.05) is 0 Å². The molecule has 6 heteroatoms. The first-order valence-electron chi connectivity index (χ1n) is 4.73. The molecule has 2 rings (SSSR count). The second-order valence-corrected chi connectivity index (χ2v) is 3.64. The molecular weight excluding hydrogens is 182 g/mol. The maximum absolute atomic E-state index is 5.80. The van der Waals surface area contributed by atoms with Gasteiger partial charge < -0.3 is 16.2 Å². The first kappa shape index (κ1) is 9.42. The van der Waals surface area contributed by atoms with Crippen LogP contribution in [0.1, 0.15) is 18.7 Å². The second kappa shape index (κ2) is 3.55. The Balaban J connectivity index is 2.26. The average Bonchev–Trinajstić information content (AvgIpc) is 2.66. The summed E-state index contributed by atoms with van der Waals surface area (Å²) in [5.74, 6) is 1.07. The molecule has 1 aliphatic rings. The van der Waals surface area contributed by atoms with Crippen LogP contribution in [0.5, 0.6) is 0 Å². The highest BCUT2D eigenvalue weighted by atomic mass is 16.5. The Morgan fingerprint density at radius 1 is 1.43 bits per heavy atom. The number of nitrogens with one attached hydrogen (secondary N) is 1. The molecule has 0 spiro atoms. The number of nitrogen functional groups attached to an aromatic ring is 1. The van der Waals surface area contributed by atoms with Crippen LogP contribution in [-0.4, -0.2) is 34.9 Å². The normalized spacial score (nSPS) is 20.9. The van der Waals surface area contributed by atoms with Crippen LogP contribution in [0.2, 0.25) is 0 Å². The van der Waals surface area contributed by atoms with Crippen molar-refractivity contribution in [1.82, 2.24) is 15.2 Å². The van der Waals surface area contributed by atoms with Gasteiger partial charge in [0.25, 0.3) is 0 Å². The molecule has 1 aliphatic heterocycles. The maximum atomic E-state index is 5.80. The van der Waals surface area contributed by atoms with E-state index >= 15 is 0 Å². The maximum Gasteiger partial charge on any atom is 0.239 e. The molecule has 6 nitrogen and oxygen atoms in total. The van der Waals surface area contributed by atoms with Crippen molar-refractivity contribution in [2.75, 3.05) is 25.5 Å². The third-order valence-electron chi connectivity index (χ3n) is 2.85. The minimum atomic E-state index is -0.122. The van der Waals surface area contributed by atoms with Gasteiger partial charge in [0.1, 0.15) is 5.82 Å². The zero-order valence-corrected chi connectivity index (χ0v) is 7.99. The summed E-state index contributed by atoms with van der Waals surface area (Å²) >= 11 is 0. The van der Waals surface area contributed by atoms with E-state index in [9.17, 15) is 0 Å². The van der Waals surface area contributed by atoms with Crippen molar-refractivity contribution in [3.05, 3.63) is 5.82 Å². The van der Waals surface area contributed by atoms with E-state index < -0.39 is 0 Å². The molecule has 0 saturated carbocycles. The van der Waals surface area contributed by atoms with Crippen LogP contribution >= 0.6 is 0 Å². The Morgan fingerprint density at radius 2 is 2.14 bits per heavy atom. The monoisotopic (exact) mass is 197 g/mol. The Bertz CT molecular complexity index is 304. The first-order chi connectivity index (χ1) is 6.77. The SMILES string of the molecule is NCC1(c2nc(N)n[nH]2)CCOCC1. The molecule has 0 amide bonds. The van der Waals surface area contributed by atoms with Crippen LogP contribution in [-0.2, 0) is 10.2 Å². The van der Waals surface area contributed by atoms with E-state index in [2.05, 4.69) is 15.2 Å². The van der Waals surface area contributed by atoms with Gasteiger partial charge >= 0.3 is 0 Å². The van der Waals surface area contributed by atoms with Gasteiger partial charge in [-0.05, 0) is 12.8 Å². The number of hydrogen-bond acceptors (Lipinski definition) is 5. The van der Waals surface area contributed by atoms with Crippen molar-refractivity contribution >= 4 is 5.95 Å². The van der Waals surface area contributed by atoms with E-state index in [4.69, 9.17) is 16.2 Å². The Hall–Kier alpha value is -1.14. The number of anilines is 1. The molecule has 14 heavy (non-hydrogen) atoms. The minimum Gasteiger partial charge on any atom is -0.381 e. The third-order valence-corrected chi connectivity index (χ3v) is 2.85. The fourth-order valence-electron chi connectivity index (χ4n) is 1.81. The Labute approximate surface area is 82.0 Å². The highest BCUT2D eigenvalue weighted by Gasteiger charge is 2.36. The number of ether oxygens (including phenoxy) is 1. The number of nitrogens with two attached hydrogens (primary N) is 2. The summed E-state index contributed by atoms with van der Waals surface area (Å²) in [4.78, 5) is 4.15. The third kappa shape index (κ3) is 1.46. The molecule has 0 atom stereocenters. The molecular formula is C8H15N5O. The van der Waals surface area contributed by atoms with Crippen molar-refractivity contribution in [3.63, 3.8) is 0 Å². The van der Waals surface area contributed by atoms with Crippen molar-refractivity contribution in [2.24, 2.45) is 5.73 Å². The summed E-state index contributed by atoms with van der Waals surface area (Å²) in [6.45, 7) is 1.99. The van der Waals surface area contributed by atoms with Gasteiger partial charge in [-0.3, -0.25) is 5.10 Å². The smallest absolute Gasteiger partial charge is 0.239 e. The molecule has 0 bridgehead atoms. The van der Waals surface area contributed by atoms with Crippen LogP contribution in [0, 0.1) is 0 Å². The second-order valence-electron chi connectivity index (χ2n) is 3.64. The van der Waals surface area contributed by atoms with Crippen LogP contribution in [0.15, 0.2) is 0 Å². The summed E-state index contributed by atoms with van der Waals surface area (Å²) in [6.07, 6.45) is 1.75. The van der Waals surface area contributed by atoms with E-state index in [0.717, 1.165) is 31.9 Å². The fraction of sp³-hybridized carbons (Fsp3) is 0.750. The van der Waals surface area contributed by atoms with E-state index in [0.29, 0.717) is 6.54 Å². The Kier molecular flexibility index (Phi) is 2.39. The standard InChI is InChI=1S/C8H15N5O/c9-5-8(1-3-14-4-2-8)6-11-7(10)13-12-6/h1-5,9H2,(H3,10,11,12,13). The average molecular weight is 197 g/mol. The molecule has 0 unspecified atom stereocenters. The molecule has 2 heterocycles. The molecule has 1 fully saturated rings. The number of H-pyrrole nitrogens is 1. The van der Waals surface area contributed by atoms with Crippen molar-refractivity contribution in [3.8, 4) is 0 Å². The van der Waals surface area contributed by atoms with E-state index in [1.165, 1.54) is 0 Å². The first-order valence-corrected chi connectivity index (χ1v) is 4.73. The van der Waals surface area contributed by atoms with Gasteiger partial charge in [-0.25, -0.2) is 0 Å². The Morgan fingerprint density at radius 3 is 2.64 bits per heavy atom. The molecule has 0 aliphatic carbocycles. The van der Waals surface area contributed by atoms with Crippen molar-refractivity contribution in [2.45, 2.75) is 18.3 Å². The molecule has 78 valence electrons. The summed E-state index contributed by atoms with van der Waals surface area (Å²) in [5, 5.41) is 6.68. The molecule has 1 aromatic rings. The van der Waals surface area contributed by atoms with Crippen molar-refractivity contribution < 1.29 is 4.74 Å². The van der Waals surface area contributed by atoms with Gasteiger partial charge in [0.05, 0.1) is 0 Å². The van der Waals surface area contributed by atoms with Gasteiger partial charge in [-0.2, -0.15) is 4.98 Å². The van der Waals surface area contributed by atoms with Gasteiger partial charge in [0.15, 0.2) is 0 Å². The van der Waals surface area contributed by atoms with Crippen LogP contribution in [0.25, 0.3) is 0 Å². The predicted molar refractivity (Wildman–Crippen MR) is 51.6 cm³/mol. The molecule has 1 aromatic heterocycles. The summed E-state index contributed by atoms with van der Waals surface area (Å²) < 4.78 is 5.31. The number of rotatable bonds is 2. The zero-order chi connectivity index (χ0) is 10.0. The van der Waals surface area contributed by atoms with Crippen LogP contribution in [0.3, 0.4) is 0 Å². The summed E-state index contributed by atoms with van der Waals surface area (Å²) in [5.41, 5.74) is 11.1. The predicted octanol–water partition coefficient (Wildman–Crippen LogP) is -0.606. The molecule has 5 N–H and O–H groups in total. The van der Waals surface area contributed by atoms with E-state index in [-0.39, 0.29) is 11.4 Å². The highest BCUT2D eigenvalue weighted by Crippen LogP contribution is 2.31. The minimum absolute atomic E-state index is 0.122. The number of aromatic amines is 1. The number of aromatic nitrogens is 3. The largest absolute Gasteiger partial charge is 0.381 e. The van der Waals surface area contributed by atoms with Gasteiger partial charge in [0, 0.05) is 25.2 Å². The van der Waals surface area contributed by atoms with E-state index in [1.54, 1.807) is 0 Å². The topological polar surface area (TPSA) is 103 Å². The summed E-state index contributed by atoms with van der Waals surface area (Å²) in [6, 6.07) is 0. The quantitative estimate of drug-likeness (QED) is 0.587. The zero-order valence-electron chi connectivity index (χ0n) is 7.99. The molecule has 0 radical (unpaired) electrons. The summed E-state index contributed by atoms with van der Waals surface area (Å²) in [7, 11) is 0. The van der Waals surface area contributed by atoms with E-state index in [1.807, 2.05) is 0 Å². The lowest BCUT2D eigenvalue weighted by atomic mass is 9.79. The van der Waals surface area contributed by atoms with Gasteiger partial charge in [0.2, 0.25) is 5.95 Å². The fourth-order valence-corrected chi connectivity index (χ4v) is 1.81.